The van der Waals surface area contributed by atoms with Gasteiger partial charge in [0, 0.05) is 11.2 Å². The summed E-state index contributed by atoms with van der Waals surface area (Å²) in [7, 11) is 0. The molecule has 3 aromatic rings. The lowest BCUT2D eigenvalue weighted by atomic mass is 10.2. The van der Waals surface area contributed by atoms with Crippen molar-refractivity contribution in [3.63, 3.8) is 0 Å². The van der Waals surface area contributed by atoms with Crippen LogP contribution in [0.1, 0.15) is 18.5 Å². The fraction of sp³-hybridized carbons (Fsp3) is 0.200. The Morgan fingerprint density at radius 2 is 2.00 bits per heavy atom. The molecule has 24 heavy (non-hydrogen) atoms. The van der Waals surface area contributed by atoms with Gasteiger partial charge in [-0.1, -0.05) is 35.3 Å². The second-order valence-corrected chi connectivity index (χ2v) is 6.07. The van der Waals surface area contributed by atoms with Crippen LogP contribution in [0.25, 0.3) is 0 Å². The predicted octanol–water partition coefficient (Wildman–Crippen LogP) is 3.03. The summed E-state index contributed by atoms with van der Waals surface area (Å²) in [5.74, 6) is -0.0434. The summed E-state index contributed by atoms with van der Waals surface area (Å²) in [5.41, 5.74) is 1.03. The first-order valence-corrected chi connectivity index (χ1v) is 7.91. The summed E-state index contributed by atoms with van der Waals surface area (Å²) in [6.07, 6.45) is 4.61. The largest absolute Gasteiger partial charge is 0.291 e. The number of nitrogens with zero attached hydrogens (tertiary/aromatic N) is 5. The smallest absolute Gasteiger partial charge is 0.251 e. The van der Waals surface area contributed by atoms with Crippen molar-refractivity contribution in [1.82, 2.24) is 24.5 Å². The van der Waals surface area contributed by atoms with Crippen LogP contribution in [0.15, 0.2) is 43.0 Å². The molecule has 1 atom stereocenters. The first-order chi connectivity index (χ1) is 11.5. The van der Waals surface area contributed by atoms with Crippen molar-refractivity contribution in [3.05, 3.63) is 58.6 Å². The molecule has 0 fully saturated rings. The molecule has 1 aromatic carbocycles. The van der Waals surface area contributed by atoms with Crippen molar-refractivity contribution in [2.45, 2.75) is 19.5 Å². The maximum Gasteiger partial charge on any atom is 0.251 e. The number of hydrogen-bond acceptors (Lipinski definition) is 4. The number of hydrogen-bond donors (Lipinski definition) is 1. The molecule has 0 saturated carbocycles. The minimum Gasteiger partial charge on any atom is -0.291 e. The molecule has 9 heteroatoms. The number of aromatic nitrogens is 5. The lowest BCUT2D eigenvalue weighted by Gasteiger charge is -2.10. The minimum atomic E-state index is -0.527. The molecule has 0 spiro atoms. The topological polar surface area (TPSA) is 77.6 Å². The zero-order chi connectivity index (χ0) is 17.1. The van der Waals surface area contributed by atoms with Crippen LogP contribution in [0, 0.1) is 0 Å². The van der Waals surface area contributed by atoms with Crippen LogP contribution >= 0.6 is 23.2 Å². The summed E-state index contributed by atoms with van der Waals surface area (Å²) in [6.45, 7) is 2.24. The number of benzene rings is 1. The highest BCUT2D eigenvalue weighted by molar-refractivity contribution is 6.30. The Bertz CT molecular complexity index is 842. The Morgan fingerprint density at radius 1 is 1.25 bits per heavy atom. The van der Waals surface area contributed by atoms with E-state index in [-0.39, 0.29) is 11.9 Å². The zero-order valence-electron chi connectivity index (χ0n) is 12.7. The number of carbonyl (C=O) groups excluding carboxylic acids is 1. The average molecular weight is 365 g/mol. The second kappa shape index (κ2) is 7.02. The summed E-state index contributed by atoms with van der Waals surface area (Å²) < 4.78 is 3.11. The van der Waals surface area contributed by atoms with Crippen molar-refractivity contribution < 1.29 is 4.79 Å². The third-order valence-electron chi connectivity index (χ3n) is 3.38. The third-order valence-corrected chi connectivity index (χ3v) is 3.82. The lowest BCUT2D eigenvalue weighted by Crippen LogP contribution is -2.24. The van der Waals surface area contributed by atoms with Crippen LogP contribution < -0.4 is 5.32 Å². The molecular formula is C15H14Cl2N6O. The van der Waals surface area contributed by atoms with Crippen molar-refractivity contribution in [1.29, 1.82) is 0 Å². The van der Waals surface area contributed by atoms with E-state index >= 15 is 0 Å². The number of rotatable bonds is 5. The van der Waals surface area contributed by atoms with Gasteiger partial charge in [-0.15, -0.1) is 5.10 Å². The van der Waals surface area contributed by atoms with E-state index in [0.29, 0.717) is 16.6 Å². The van der Waals surface area contributed by atoms with Gasteiger partial charge in [-0.3, -0.25) is 14.8 Å². The fourth-order valence-electron chi connectivity index (χ4n) is 2.07. The van der Waals surface area contributed by atoms with Crippen LogP contribution in [0.4, 0.5) is 5.95 Å². The Hall–Kier alpha value is -2.38. The van der Waals surface area contributed by atoms with E-state index in [1.807, 2.05) is 24.3 Å². The molecule has 7 nitrogen and oxygen atoms in total. The number of halogens is 2. The van der Waals surface area contributed by atoms with Gasteiger partial charge in [-0.25, -0.2) is 9.67 Å². The van der Waals surface area contributed by atoms with Crippen molar-refractivity contribution in [2.75, 3.05) is 5.32 Å². The highest BCUT2D eigenvalue weighted by atomic mass is 35.5. The van der Waals surface area contributed by atoms with Crippen LogP contribution in [0.2, 0.25) is 10.0 Å². The van der Waals surface area contributed by atoms with E-state index in [2.05, 4.69) is 20.5 Å². The van der Waals surface area contributed by atoms with E-state index in [4.69, 9.17) is 23.2 Å². The second-order valence-electron chi connectivity index (χ2n) is 5.20. The van der Waals surface area contributed by atoms with E-state index in [1.54, 1.807) is 24.1 Å². The summed E-state index contributed by atoms with van der Waals surface area (Å²) in [5, 5.41) is 12.1. The number of amides is 1. The van der Waals surface area contributed by atoms with E-state index < -0.39 is 6.04 Å². The molecule has 1 unspecified atom stereocenters. The van der Waals surface area contributed by atoms with E-state index in [9.17, 15) is 4.79 Å². The maximum absolute atomic E-state index is 12.2. The lowest BCUT2D eigenvalue weighted by molar-refractivity contribution is -0.119. The normalized spacial score (nSPS) is 12.1. The molecule has 0 saturated heterocycles. The van der Waals surface area contributed by atoms with Gasteiger partial charge in [0.15, 0.2) is 0 Å². The van der Waals surface area contributed by atoms with Crippen LogP contribution in [0.5, 0.6) is 0 Å². The van der Waals surface area contributed by atoms with Gasteiger partial charge < -0.3 is 0 Å². The first kappa shape index (κ1) is 16.5. The predicted molar refractivity (Wildman–Crippen MR) is 91.2 cm³/mol. The zero-order valence-corrected chi connectivity index (χ0v) is 14.2. The standard InChI is InChI=1S/C15H14Cl2N6O/c1-10(23-8-13(17)6-19-23)14(24)20-15-18-9-22(21-15)7-11-2-4-12(16)5-3-11/h2-6,8-10H,7H2,1H3,(H,20,21,24). The molecule has 1 N–H and O–H groups in total. The van der Waals surface area contributed by atoms with Crippen LogP contribution in [-0.2, 0) is 11.3 Å². The molecule has 124 valence electrons. The summed E-state index contributed by atoms with van der Waals surface area (Å²) in [4.78, 5) is 16.3. The summed E-state index contributed by atoms with van der Waals surface area (Å²) >= 11 is 11.7. The number of carbonyl (C=O) groups is 1. The summed E-state index contributed by atoms with van der Waals surface area (Å²) in [6, 6.07) is 6.92. The van der Waals surface area contributed by atoms with Gasteiger partial charge in [0.05, 0.1) is 17.8 Å². The molecule has 2 heterocycles. The average Bonchev–Trinajstić information content (AvgIpc) is 3.18. The Kier molecular flexibility index (Phi) is 4.82. The molecule has 2 aromatic heterocycles. The molecule has 0 aliphatic rings. The molecule has 0 aliphatic heterocycles. The third kappa shape index (κ3) is 3.93. The minimum absolute atomic E-state index is 0.235. The number of anilines is 1. The van der Waals surface area contributed by atoms with Crippen molar-refractivity contribution in [3.8, 4) is 0 Å². The molecular weight excluding hydrogens is 351 g/mol. The highest BCUT2D eigenvalue weighted by Crippen LogP contribution is 2.13. The van der Waals surface area contributed by atoms with Crippen molar-refractivity contribution in [2.24, 2.45) is 0 Å². The molecule has 0 aliphatic carbocycles. The Balaban J connectivity index is 1.63. The highest BCUT2D eigenvalue weighted by Gasteiger charge is 2.17. The Labute approximate surface area is 148 Å². The van der Waals surface area contributed by atoms with Crippen molar-refractivity contribution >= 4 is 35.1 Å². The quantitative estimate of drug-likeness (QED) is 0.754. The molecule has 1 amide bonds. The maximum atomic E-state index is 12.2. The number of nitrogens with one attached hydrogen (secondary N) is 1. The fourth-order valence-corrected chi connectivity index (χ4v) is 2.34. The van der Waals surface area contributed by atoms with Crippen LogP contribution in [-0.4, -0.2) is 30.5 Å². The molecule has 0 bridgehead atoms. The first-order valence-electron chi connectivity index (χ1n) is 7.15. The van der Waals surface area contributed by atoms with Gasteiger partial charge >= 0.3 is 0 Å². The van der Waals surface area contributed by atoms with Gasteiger partial charge in [0.25, 0.3) is 5.91 Å². The van der Waals surface area contributed by atoms with Gasteiger partial charge in [0.1, 0.15) is 12.4 Å². The molecule has 3 rings (SSSR count). The van der Waals surface area contributed by atoms with Gasteiger partial charge in [-0.05, 0) is 24.6 Å². The Morgan fingerprint density at radius 3 is 2.67 bits per heavy atom. The van der Waals surface area contributed by atoms with Crippen LogP contribution in [0.3, 0.4) is 0 Å². The molecule has 0 radical (unpaired) electrons. The van der Waals surface area contributed by atoms with Gasteiger partial charge in [0.2, 0.25) is 5.95 Å². The van der Waals surface area contributed by atoms with E-state index in [0.717, 1.165) is 5.56 Å². The monoisotopic (exact) mass is 364 g/mol. The SMILES string of the molecule is CC(C(=O)Nc1ncn(Cc2ccc(Cl)cc2)n1)n1cc(Cl)cn1. The van der Waals surface area contributed by atoms with E-state index in [1.165, 1.54) is 10.9 Å². The van der Waals surface area contributed by atoms with Gasteiger partial charge in [-0.2, -0.15) is 5.10 Å².